The number of hydrogen-bond donors (Lipinski definition) is 2. The minimum absolute atomic E-state index is 0.0105. The Morgan fingerprint density at radius 3 is 2.33 bits per heavy atom. The highest BCUT2D eigenvalue weighted by Gasteiger charge is 2.44. The van der Waals surface area contributed by atoms with Crippen molar-refractivity contribution in [2.24, 2.45) is 0 Å². The third-order valence-electron chi connectivity index (χ3n) is 9.19. The van der Waals surface area contributed by atoms with Gasteiger partial charge < -0.3 is 24.2 Å². The number of carbonyl (C=O) groups is 3. The van der Waals surface area contributed by atoms with Crippen LogP contribution in [0.5, 0.6) is 5.75 Å². The van der Waals surface area contributed by atoms with Crippen molar-refractivity contribution in [3.05, 3.63) is 122 Å². The Bertz CT molecular complexity index is 2390. The molecule has 1 atom stereocenters. The first-order chi connectivity index (χ1) is 27.5. The molecule has 1 aromatic heterocycles. The number of nitrogens with one attached hydrogen (secondary N) is 2. The van der Waals surface area contributed by atoms with Gasteiger partial charge in [-0.1, -0.05) is 78.6 Å². The van der Waals surface area contributed by atoms with E-state index < -0.39 is 61.3 Å². The Kier molecular flexibility index (Phi) is 12.4. The van der Waals surface area contributed by atoms with Crippen LogP contribution < -0.4 is 21.1 Å². The number of alkyl carbamates (subject to hydrolysis) is 1. The minimum atomic E-state index is -3.98. The van der Waals surface area contributed by atoms with E-state index in [1.807, 2.05) is 54.6 Å². The fraction of sp³-hybridized carbons (Fsp3) is 0.357. The molecule has 0 radical (unpaired) electrons. The van der Waals surface area contributed by atoms with E-state index in [1.54, 1.807) is 52.8 Å². The van der Waals surface area contributed by atoms with Crippen molar-refractivity contribution in [2.45, 2.75) is 64.7 Å². The topological polar surface area (TPSA) is 185 Å². The van der Waals surface area contributed by atoms with Gasteiger partial charge >= 0.3 is 25.6 Å². The first-order valence-electron chi connectivity index (χ1n) is 18.7. The van der Waals surface area contributed by atoms with Crippen molar-refractivity contribution in [1.29, 1.82) is 0 Å². The van der Waals surface area contributed by atoms with Crippen LogP contribution in [0.1, 0.15) is 69.2 Å². The van der Waals surface area contributed by atoms with Gasteiger partial charge in [-0.05, 0) is 62.9 Å². The van der Waals surface area contributed by atoms with E-state index in [0.717, 1.165) is 43.5 Å². The molecule has 2 heterocycles. The zero-order valence-electron chi connectivity index (χ0n) is 32.9. The van der Waals surface area contributed by atoms with E-state index in [1.165, 1.54) is 0 Å². The highest BCUT2D eigenvalue weighted by Crippen LogP contribution is 2.60. The fourth-order valence-electron chi connectivity index (χ4n) is 6.66. The number of aromatic nitrogens is 2. The summed E-state index contributed by atoms with van der Waals surface area (Å²) < 4.78 is 41.9. The second-order valence-electron chi connectivity index (χ2n) is 15.1. The van der Waals surface area contributed by atoms with Crippen LogP contribution >= 0.6 is 7.82 Å². The number of phosphoric ester groups is 1. The number of rotatable bonds is 12. The van der Waals surface area contributed by atoms with Gasteiger partial charge in [0.15, 0.2) is 0 Å². The van der Waals surface area contributed by atoms with E-state index in [2.05, 4.69) is 22.1 Å². The van der Waals surface area contributed by atoms with Gasteiger partial charge in [0.25, 0.3) is 5.56 Å². The highest BCUT2D eigenvalue weighted by molar-refractivity contribution is 7.49. The van der Waals surface area contributed by atoms with Gasteiger partial charge in [0.1, 0.15) is 42.2 Å². The molecular formula is C42H45N4O11P. The van der Waals surface area contributed by atoms with Crippen LogP contribution in [0, 0.1) is 11.8 Å². The molecule has 0 spiro atoms. The van der Waals surface area contributed by atoms with Crippen LogP contribution in [0.2, 0.25) is 0 Å². The standard InChI is InChI=1S/C42H45N4O11P/c1-41(2,3)55-37(48)26-45(22-21-43-40(51)53-27-33-31-17-8-6-15-29(31)30-16-7-9-18-32(30)33)36(47)25-46-24-28(38(49)44-39(46)50)14-12-13-23-54-58(52)56-35-20-11-10-19-34(35)42(4,5)57-58/h6-11,15-20,24,33H,13,21-23,25-27H2,1-5H3,(H,43,51)(H,44,49,50). The zero-order chi connectivity index (χ0) is 41.7. The molecule has 2 amide bonds. The number of benzene rings is 3. The molecule has 1 aliphatic carbocycles. The number of H-pyrrole nitrogens is 1. The third-order valence-corrected chi connectivity index (χ3v) is 10.8. The summed E-state index contributed by atoms with van der Waals surface area (Å²) in [5.74, 6) is 4.24. The number of nitrogens with zero attached hydrogens (tertiary/aromatic N) is 2. The zero-order valence-corrected chi connectivity index (χ0v) is 33.8. The van der Waals surface area contributed by atoms with Crippen molar-refractivity contribution >= 4 is 25.8 Å². The summed E-state index contributed by atoms with van der Waals surface area (Å²) in [7, 11) is -3.98. The van der Waals surface area contributed by atoms with Gasteiger partial charge in [-0.2, -0.15) is 0 Å². The van der Waals surface area contributed by atoms with Crippen LogP contribution in [0.3, 0.4) is 0 Å². The lowest BCUT2D eigenvalue weighted by Gasteiger charge is -2.35. The SMILES string of the molecule is CC(C)(C)OC(=O)CN(CCNC(=O)OCC1c2ccccc2-c2ccccc21)C(=O)Cn1cc(C#CCCOP2(=O)Oc3ccccc3C(C)(C)O2)c(=O)[nH]c1=O. The molecule has 0 fully saturated rings. The van der Waals surface area contributed by atoms with Crippen molar-refractivity contribution in [1.82, 2.24) is 19.8 Å². The highest BCUT2D eigenvalue weighted by atomic mass is 31.2. The average Bonchev–Trinajstić information content (AvgIpc) is 3.47. The van der Waals surface area contributed by atoms with Crippen molar-refractivity contribution < 1.29 is 42.0 Å². The van der Waals surface area contributed by atoms with E-state index >= 15 is 0 Å². The maximum Gasteiger partial charge on any atom is 0.530 e. The number of hydrogen-bond acceptors (Lipinski definition) is 11. The molecule has 1 aliphatic heterocycles. The Morgan fingerprint density at radius 2 is 1.64 bits per heavy atom. The molecule has 0 saturated heterocycles. The molecule has 304 valence electrons. The second kappa shape index (κ2) is 17.3. The number of phosphoric acid groups is 1. The van der Waals surface area contributed by atoms with E-state index in [4.69, 9.17) is 23.0 Å². The Hall–Kier alpha value is -5.94. The summed E-state index contributed by atoms with van der Waals surface area (Å²) >= 11 is 0. The Labute approximate surface area is 335 Å². The quantitative estimate of drug-likeness (QED) is 0.0802. The van der Waals surface area contributed by atoms with Crippen molar-refractivity contribution in [2.75, 3.05) is 32.8 Å². The van der Waals surface area contributed by atoms with Gasteiger partial charge in [-0.3, -0.25) is 33.0 Å². The molecule has 4 aromatic rings. The van der Waals surface area contributed by atoms with Crippen LogP contribution in [0.4, 0.5) is 4.79 Å². The molecule has 58 heavy (non-hydrogen) atoms. The predicted molar refractivity (Wildman–Crippen MR) is 213 cm³/mol. The second-order valence-corrected chi connectivity index (χ2v) is 16.6. The van der Waals surface area contributed by atoms with Crippen molar-refractivity contribution in [3.63, 3.8) is 0 Å². The fourth-order valence-corrected chi connectivity index (χ4v) is 8.17. The molecule has 2 N–H and O–H groups in total. The summed E-state index contributed by atoms with van der Waals surface area (Å²) in [4.78, 5) is 67.9. The van der Waals surface area contributed by atoms with Crippen LogP contribution in [0.25, 0.3) is 11.1 Å². The third kappa shape index (κ3) is 10.1. The lowest BCUT2D eigenvalue weighted by molar-refractivity contribution is -0.159. The molecule has 3 aromatic carbocycles. The van der Waals surface area contributed by atoms with Gasteiger partial charge in [0.05, 0.1) is 6.61 Å². The summed E-state index contributed by atoms with van der Waals surface area (Å²) in [6, 6.07) is 22.9. The Morgan fingerprint density at radius 1 is 0.983 bits per heavy atom. The summed E-state index contributed by atoms with van der Waals surface area (Å²) in [5, 5.41) is 2.63. The van der Waals surface area contributed by atoms with Crippen LogP contribution in [-0.2, 0) is 44.8 Å². The predicted octanol–water partition coefficient (Wildman–Crippen LogP) is 5.46. The summed E-state index contributed by atoms with van der Waals surface area (Å²) in [6.45, 7) is 7.20. The Balaban J connectivity index is 1.06. The normalized spacial score (nSPS) is 16.4. The minimum Gasteiger partial charge on any atom is -0.459 e. The van der Waals surface area contributed by atoms with Crippen molar-refractivity contribution in [3.8, 4) is 28.7 Å². The number of para-hydroxylation sites is 1. The number of aromatic amines is 1. The maximum atomic E-state index is 13.6. The number of carbonyl (C=O) groups excluding carboxylic acids is 3. The molecular weight excluding hydrogens is 767 g/mol. The lowest BCUT2D eigenvalue weighted by atomic mass is 9.98. The van der Waals surface area contributed by atoms with Gasteiger partial charge in [-0.15, -0.1) is 0 Å². The van der Waals surface area contributed by atoms with Gasteiger partial charge in [-0.25, -0.2) is 14.2 Å². The average molecular weight is 813 g/mol. The first kappa shape index (κ1) is 41.7. The summed E-state index contributed by atoms with van der Waals surface area (Å²) in [6.07, 6.45) is 0.427. The number of ether oxygens (including phenoxy) is 2. The molecule has 6 rings (SSSR count). The molecule has 2 aliphatic rings. The maximum absolute atomic E-state index is 13.6. The first-order valence-corrected chi connectivity index (χ1v) is 20.1. The lowest BCUT2D eigenvalue weighted by Crippen LogP contribution is -2.45. The number of amides is 2. The van der Waals surface area contributed by atoms with E-state index in [9.17, 15) is 28.5 Å². The van der Waals surface area contributed by atoms with Gasteiger partial charge in [0, 0.05) is 37.2 Å². The molecule has 15 nitrogen and oxygen atoms in total. The largest absolute Gasteiger partial charge is 0.530 e. The van der Waals surface area contributed by atoms with Gasteiger partial charge in [0.2, 0.25) is 5.91 Å². The summed E-state index contributed by atoms with van der Waals surface area (Å²) in [5.41, 5.74) is 1.44. The van der Waals surface area contributed by atoms with E-state index in [0.29, 0.717) is 5.75 Å². The van der Waals surface area contributed by atoms with Crippen LogP contribution in [-0.4, -0.2) is 70.9 Å². The smallest absolute Gasteiger partial charge is 0.459 e. The van der Waals surface area contributed by atoms with E-state index in [-0.39, 0.29) is 44.2 Å². The number of esters is 1. The molecule has 0 bridgehead atoms. The monoisotopic (exact) mass is 812 g/mol. The molecule has 0 saturated carbocycles. The van der Waals surface area contributed by atoms with Crippen LogP contribution in [0.15, 0.2) is 88.6 Å². The number of fused-ring (bicyclic) bond motifs is 4. The molecule has 16 heteroatoms. The molecule has 1 unspecified atom stereocenters.